The smallest absolute Gasteiger partial charge is 0.341 e. The second-order valence-electron chi connectivity index (χ2n) is 7.00. The fourth-order valence-electron chi connectivity index (χ4n) is 3.57. The van der Waals surface area contributed by atoms with Crippen LogP contribution >= 0.6 is 0 Å². The molecule has 150 valence electrons. The molecule has 0 radical (unpaired) electrons. The minimum Gasteiger partial charge on any atom is -0.477 e. The van der Waals surface area contributed by atoms with Crippen LogP contribution in [0.1, 0.15) is 29.2 Å². The van der Waals surface area contributed by atoms with Gasteiger partial charge in [-0.2, -0.15) is 12.7 Å². The van der Waals surface area contributed by atoms with Gasteiger partial charge in [-0.25, -0.2) is 9.18 Å². The van der Waals surface area contributed by atoms with Crippen molar-refractivity contribution >= 4 is 32.9 Å². The molecular formula is C17H18FN3O6S. The molecule has 0 bridgehead atoms. The van der Waals surface area contributed by atoms with Crippen LogP contribution in [-0.2, 0) is 10.3 Å². The predicted molar refractivity (Wildman–Crippen MR) is 98.7 cm³/mol. The van der Waals surface area contributed by atoms with Crippen molar-refractivity contribution in [1.29, 1.82) is 0 Å². The molecule has 28 heavy (non-hydrogen) atoms. The Hall–Kier alpha value is -2.50. The lowest BCUT2D eigenvalue weighted by Crippen LogP contribution is -2.48. The first-order valence-electron chi connectivity index (χ1n) is 8.76. The van der Waals surface area contributed by atoms with Gasteiger partial charge in [0.15, 0.2) is 0 Å². The highest BCUT2D eigenvalue weighted by atomic mass is 32.2. The highest BCUT2D eigenvalue weighted by Gasteiger charge is 2.29. The number of halogens is 1. The number of benzene rings is 1. The highest BCUT2D eigenvalue weighted by Crippen LogP contribution is 2.38. The molecule has 2 aliphatic rings. The number of hydrogen-bond donors (Lipinski definition) is 2. The summed E-state index contributed by atoms with van der Waals surface area (Å²) in [5.41, 5.74) is -0.472. The maximum atomic E-state index is 14.8. The van der Waals surface area contributed by atoms with Gasteiger partial charge >= 0.3 is 16.3 Å². The van der Waals surface area contributed by atoms with Gasteiger partial charge in [0.1, 0.15) is 11.4 Å². The van der Waals surface area contributed by atoms with E-state index in [0.717, 1.165) is 23.2 Å². The molecule has 0 spiro atoms. The number of fused-ring (bicyclic) bond motifs is 1. The van der Waals surface area contributed by atoms with Crippen LogP contribution < -0.4 is 10.3 Å². The quantitative estimate of drug-likeness (QED) is 0.723. The molecule has 1 aromatic heterocycles. The first-order valence-corrected chi connectivity index (χ1v) is 10.2. The topological polar surface area (TPSA) is 120 Å². The first-order chi connectivity index (χ1) is 13.2. The molecule has 11 heteroatoms. The second kappa shape index (κ2) is 6.54. The lowest BCUT2D eigenvalue weighted by Gasteiger charge is -2.34. The number of hydrogen-bond acceptors (Lipinski definition) is 5. The van der Waals surface area contributed by atoms with Crippen molar-refractivity contribution in [2.45, 2.75) is 18.9 Å². The molecule has 0 unspecified atom stereocenters. The summed E-state index contributed by atoms with van der Waals surface area (Å²) in [6.07, 6.45) is 3.00. The van der Waals surface area contributed by atoms with Crippen LogP contribution in [0.4, 0.5) is 10.1 Å². The van der Waals surface area contributed by atoms with Crippen molar-refractivity contribution < 1.29 is 27.3 Å². The predicted octanol–water partition coefficient (Wildman–Crippen LogP) is 1.10. The van der Waals surface area contributed by atoms with Crippen LogP contribution in [0.5, 0.6) is 0 Å². The van der Waals surface area contributed by atoms with Crippen LogP contribution in [0.3, 0.4) is 0 Å². The summed E-state index contributed by atoms with van der Waals surface area (Å²) < 4.78 is 49.0. The molecule has 2 aromatic rings. The monoisotopic (exact) mass is 411 g/mol. The van der Waals surface area contributed by atoms with E-state index in [9.17, 15) is 27.5 Å². The van der Waals surface area contributed by atoms with Gasteiger partial charge in [0, 0.05) is 43.8 Å². The summed E-state index contributed by atoms with van der Waals surface area (Å²) in [5.74, 6) is -2.04. The standard InChI is InChI=1S/C17H18FN3O6S/c18-13-7-11-14(21(10-1-2-10)9-12(16(11)22)17(23)24)8-15(13)19-3-5-20(6-4-19)28(25,26)27/h7-10H,1-6H2,(H,23,24)(H,25,26,27). The average molecular weight is 411 g/mol. The Morgan fingerprint density at radius 3 is 2.32 bits per heavy atom. The van der Waals surface area contributed by atoms with E-state index in [-0.39, 0.29) is 43.3 Å². The van der Waals surface area contributed by atoms with Crippen molar-refractivity contribution in [2.75, 3.05) is 31.1 Å². The van der Waals surface area contributed by atoms with E-state index in [0.29, 0.717) is 5.52 Å². The van der Waals surface area contributed by atoms with E-state index >= 15 is 0 Å². The van der Waals surface area contributed by atoms with Gasteiger partial charge in [-0.3, -0.25) is 9.35 Å². The molecule has 0 amide bonds. The van der Waals surface area contributed by atoms with Gasteiger partial charge in [-0.05, 0) is 25.0 Å². The number of carboxylic acid groups (broad SMARTS) is 1. The normalized spacial score (nSPS) is 18.6. The molecule has 1 aromatic carbocycles. The Morgan fingerprint density at radius 1 is 1.14 bits per heavy atom. The number of carbonyl (C=O) groups is 1. The minimum absolute atomic E-state index is 0.00366. The Balaban J connectivity index is 1.78. The van der Waals surface area contributed by atoms with Crippen LogP contribution in [0.15, 0.2) is 23.1 Å². The zero-order valence-electron chi connectivity index (χ0n) is 14.7. The summed E-state index contributed by atoms with van der Waals surface area (Å²) >= 11 is 0. The lowest BCUT2D eigenvalue weighted by molar-refractivity contribution is 0.0694. The van der Waals surface area contributed by atoms with E-state index in [2.05, 4.69) is 0 Å². The van der Waals surface area contributed by atoms with Gasteiger partial charge in [0.05, 0.1) is 11.2 Å². The van der Waals surface area contributed by atoms with Crippen molar-refractivity contribution in [1.82, 2.24) is 8.87 Å². The van der Waals surface area contributed by atoms with Crippen molar-refractivity contribution in [3.05, 3.63) is 39.9 Å². The maximum Gasteiger partial charge on any atom is 0.341 e. The van der Waals surface area contributed by atoms with Crippen molar-refractivity contribution in [3.63, 3.8) is 0 Å². The van der Waals surface area contributed by atoms with Crippen molar-refractivity contribution in [2.24, 2.45) is 0 Å². The molecule has 9 nitrogen and oxygen atoms in total. The van der Waals surface area contributed by atoms with Crippen LogP contribution in [-0.4, -0.2) is 59.1 Å². The van der Waals surface area contributed by atoms with Gasteiger partial charge in [0.25, 0.3) is 0 Å². The van der Waals surface area contributed by atoms with Crippen LogP contribution in [0.2, 0.25) is 0 Å². The summed E-state index contributed by atoms with van der Waals surface area (Å²) in [6.45, 7) is 0.347. The second-order valence-corrected chi connectivity index (χ2v) is 8.41. The first kappa shape index (κ1) is 18.8. The zero-order valence-corrected chi connectivity index (χ0v) is 15.5. The summed E-state index contributed by atoms with van der Waals surface area (Å²) in [4.78, 5) is 25.5. The number of pyridine rings is 1. The average Bonchev–Trinajstić information content (AvgIpc) is 3.46. The Labute approximate surface area is 159 Å². The largest absolute Gasteiger partial charge is 0.477 e. The summed E-state index contributed by atoms with van der Waals surface area (Å²) in [6, 6.07) is 2.63. The summed E-state index contributed by atoms with van der Waals surface area (Å²) in [5, 5.41) is 9.28. The molecule has 0 atom stereocenters. The molecule has 2 N–H and O–H groups in total. The number of aromatic carboxylic acids is 1. The van der Waals surface area contributed by atoms with E-state index in [4.69, 9.17) is 4.55 Å². The third-order valence-corrected chi connectivity index (χ3v) is 6.19. The number of piperazine rings is 1. The number of nitrogens with zero attached hydrogens (tertiary/aromatic N) is 3. The van der Waals surface area contributed by atoms with Crippen molar-refractivity contribution in [3.8, 4) is 0 Å². The van der Waals surface area contributed by atoms with Gasteiger partial charge < -0.3 is 14.6 Å². The number of anilines is 1. The van der Waals surface area contributed by atoms with E-state index < -0.39 is 33.1 Å². The number of aromatic nitrogens is 1. The van der Waals surface area contributed by atoms with E-state index in [1.807, 2.05) is 0 Å². The van der Waals surface area contributed by atoms with Gasteiger partial charge in [0.2, 0.25) is 5.43 Å². The molecule has 1 aliphatic carbocycles. The SMILES string of the molecule is O=C(O)c1cn(C2CC2)c2cc(N3CCN(S(=O)(=O)O)CC3)c(F)cc2c1=O. The zero-order chi connectivity index (χ0) is 20.2. The third kappa shape index (κ3) is 3.25. The molecule has 1 saturated heterocycles. The van der Waals surface area contributed by atoms with Gasteiger partial charge in [-0.15, -0.1) is 0 Å². The lowest BCUT2D eigenvalue weighted by atomic mass is 10.1. The molecular weight excluding hydrogens is 393 g/mol. The van der Waals surface area contributed by atoms with E-state index in [1.165, 1.54) is 12.3 Å². The van der Waals surface area contributed by atoms with Gasteiger partial charge in [-0.1, -0.05) is 0 Å². The molecule has 2 fully saturated rings. The highest BCUT2D eigenvalue weighted by molar-refractivity contribution is 7.83. The third-order valence-electron chi connectivity index (χ3n) is 5.18. The van der Waals surface area contributed by atoms with E-state index in [1.54, 1.807) is 9.47 Å². The Bertz CT molecular complexity index is 1130. The fraction of sp³-hybridized carbons (Fsp3) is 0.412. The van der Waals surface area contributed by atoms with Crippen LogP contribution in [0.25, 0.3) is 10.9 Å². The molecule has 1 aliphatic heterocycles. The Morgan fingerprint density at radius 2 is 1.79 bits per heavy atom. The number of carboxylic acids is 1. The molecule has 2 heterocycles. The Kier molecular flexibility index (Phi) is 4.40. The summed E-state index contributed by atoms with van der Waals surface area (Å²) in [7, 11) is -4.29. The number of rotatable bonds is 4. The minimum atomic E-state index is -4.29. The molecule has 4 rings (SSSR count). The molecule has 1 saturated carbocycles. The fourth-order valence-corrected chi connectivity index (χ4v) is 4.19. The van der Waals surface area contributed by atoms with Crippen LogP contribution in [0, 0.1) is 5.82 Å². The maximum absolute atomic E-state index is 14.8.